The Labute approximate surface area is 178 Å². The van der Waals surface area contributed by atoms with Crippen molar-refractivity contribution in [3.63, 3.8) is 0 Å². The zero-order chi connectivity index (χ0) is 20.5. The maximum Gasteiger partial charge on any atom is 0.161 e. The number of nitrogens with zero attached hydrogens (tertiary/aromatic N) is 2. The fourth-order valence-electron chi connectivity index (χ4n) is 4.61. The first-order valence-electron chi connectivity index (χ1n) is 10.9. The van der Waals surface area contributed by atoms with Crippen LogP contribution >= 0.6 is 0 Å². The standard InChI is InChI=1S/C24H30N2O4/c1-17-11-26(14-20-16-28-22-8-4-6-10-24(22)30-20)18(2)12-25(17)13-19-15-27-21-7-3-5-9-23(21)29-19/h3-10,17-20H,11-16H2,1-2H3/t17-,18-,19-,20-/m1/s1. The van der Waals surface area contributed by atoms with Crippen LogP contribution in [0, 0.1) is 0 Å². The Hall–Kier alpha value is -2.44. The summed E-state index contributed by atoms with van der Waals surface area (Å²) in [6, 6.07) is 16.7. The van der Waals surface area contributed by atoms with Crippen LogP contribution in [0.1, 0.15) is 13.8 Å². The van der Waals surface area contributed by atoms with Crippen LogP contribution in [0.2, 0.25) is 0 Å². The molecule has 0 bridgehead atoms. The fraction of sp³-hybridized carbons (Fsp3) is 0.500. The molecule has 4 atom stereocenters. The van der Waals surface area contributed by atoms with E-state index in [1.54, 1.807) is 0 Å². The van der Waals surface area contributed by atoms with Crippen LogP contribution in [-0.2, 0) is 0 Å². The van der Waals surface area contributed by atoms with Crippen LogP contribution in [0.4, 0.5) is 0 Å². The molecule has 30 heavy (non-hydrogen) atoms. The van der Waals surface area contributed by atoms with Gasteiger partial charge in [0.25, 0.3) is 0 Å². The van der Waals surface area contributed by atoms with Gasteiger partial charge < -0.3 is 18.9 Å². The van der Waals surface area contributed by atoms with Gasteiger partial charge >= 0.3 is 0 Å². The molecular formula is C24H30N2O4. The van der Waals surface area contributed by atoms with Crippen molar-refractivity contribution in [3.8, 4) is 23.0 Å². The molecule has 2 aromatic rings. The molecule has 0 aliphatic carbocycles. The van der Waals surface area contributed by atoms with Crippen molar-refractivity contribution < 1.29 is 18.9 Å². The first-order valence-corrected chi connectivity index (χ1v) is 10.9. The van der Waals surface area contributed by atoms with Crippen LogP contribution < -0.4 is 18.9 Å². The third-order valence-electron chi connectivity index (χ3n) is 6.26. The third-order valence-corrected chi connectivity index (χ3v) is 6.26. The van der Waals surface area contributed by atoms with E-state index in [2.05, 4.69) is 23.6 Å². The summed E-state index contributed by atoms with van der Waals surface area (Å²) in [5, 5.41) is 0. The number of fused-ring (bicyclic) bond motifs is 2. The van der Waals surface area contributed by atoms with Crippen LogP contribution in [0.5, 0.6) is 23.0 Å². The molecule has 1 saturated heterocycles. The average Bonchev–Trinajstić information content (AvgIpc) is 2.77. The predicted molar refractivity (Wildman–Crippen MR) is 115 cm³/mol. The van der Waals surface area contributed by atoms with E-state index >= 15 is 0 Å². The van der Waals surface area contributed by atoms with Crippen molar-refractivity contribution in [2.24, 2.45) is 0 Å². The second-order valence-electron chi connectivity index (χ2n) is 8.60. The summed E-state index contributed by atoms with van der Waals surface area (Å²) >= 11 is 0. The lowest BCUT2D eigenvalue weighted by Crippen LogP contribution is -2.60. The molecule has 0 amide bonds. The summed E-state index contributed by atoms with van der Waals surface area (Å²) in [6.45, 7) is 9.57. The van der Waals surface area contributed by atoms with Crippen molar-refractivity contribution >= 4 is 0 Å². The molecule has 5 rings (SSSR count). The number of hydrogen-bond donors (Lipinski definition) is 0. The van der Waals surface area contributed by atoms with Gasteiger partial charge in [-0.3, -0.25) is 9.80 Å². The Morgan fingerprint density at radius 3 is 1.50 bits per heavy atom. The number of ether oxygens (including phenoxy) is 4. The third kappa shape index (κ3) is 4.07. The molecule has 6 nitrogen and oxygen atoms in total. The second-order valence-corrected chi connectivity index (χ2v) is 8.60. The molecule has 0 saturated carbocycles. The summed E-state index contributed by atoms with van der Waals surface area (Å²) in [5.74, 6) is 3.39. The van der Waals surface area contributed by atoms with E-state index in [9.17, 15) is 0 Å². The fourth-order valence-corrected chi connectivity index (χ4v) is 4.61. The minimum Gasteiger partial charge on any atom is -0.486 e. The van der Waals surface area contributed by atoms with Gasteiger partial charge in [-0.05, 0) is 38.1 Å². The van der Waals surface area contributed by atoms with Crippen molar-refractivity contribution in [3.05, 3.63) is 48.5 Å². The van der Waals surface area contributed by atoms with E-state index in [0.29, 0.717) is 25.3 Å². The highest BCUT2D eigenvalue weighted by Crippen LogP contribution is 2.33. The largest absolute Gasteiger partial charge is 0.486 e. The molecular weight excluding hydrogens is 380 g/mol. The molecule has 3 heterocycles. The maximum absolute atomic E-state index is 6.18. The summed E-state index contributed by atoms with van der Waals surface area (Å²) in [4.78, 5) is 5.05. The quantitative estimate of drug-likeness (QED) is 0.772. The van der Waals surface area contributed by atoms with E-state index < -0.39 is 0 Å². The Kier molecular flexibility index (Phi) is 5.44. The molecule has 1 fully saturated rings. The van der Waals surface area contributed by atoms with Crippen LogP contribution in [0.3, 0.4) is 0 Å². The monoisotopic (exact) mass is 410 g/mol. The molecule has 3 aliphatic rings. The zero-order valence-corrected chi connectivity index (χ0v) is 17.7. The van der Waals surface area contributed by atoms with Gasteiger partial charge in [-0.15, -0.1) is 0 Å². The topological polar surface area (TPSA) is 43.4 Å². The number of para-hydroxylation sites is 4. The maximum atomic E-state index is 6.18. The van der Waals surface area contributed by atoms with Gasteiger partial charge in [0.05, 0.1) is 0 Å². The van der Waals surface area contributed by atoms with Crippen LogP contribution in [0.25, 0.3) is 0 Å². The molecule has 0 radical (unpaired) electrons. The Morgan fingerprint density at radius 1 is 0.667 bits per heavy atom. The van der Waals surface area contributed by atoms with E-state index in [-0.39, 0.29) is 12.2 Å². The second kappa shape index (κ2) is 8.36. The Balaban J connectivity index is 1.16. The van der Waals surface area contributed by atoms with Crippen LogP contribution in [-0.4, -0.2) is 73.5 Å². The van der Waals surface area contributed by atoms with E-state index in [1.807, 2.05) is 48.5 Å². The molecule has 160 valence electrons. The number of benzene rings is 2. The van der Waals surface area contributed by atoms with Crippen molar-refractivity contribution in [1.82, 2.24) is 9.80 Å². The van der Waals surface area contributed by atoms with Gasteiger partial charge in [-0.25, -0.2) is 0 Å². The summed E-state index contributed by atoms with van der Waals surface area (Å²) in [6.07, 6.45) is 0.125. The molecule has 0 spiro atoms. The van der Waals surface area contributed by atoms with Gasteiger partial charge in [-0.2, -0.15) is 0 Å². The number of hydrogen-bond acceptors (Lipinski definition) is 6. The Bertz CT molecular complexity index is 804. The molecule has 0 unspecified atom stereocenters. The Morgan fingerprint density at radius 2 is 1.07 bits per heavy atom. The summed E-state index contributed by atoms with van der Waals surface area (Å²) in [5.41, 5.74) is 0. The van der Waals surface area contributed by atoms with E-state index in [1.165, 1.54) is 0 Å². The molecule has 6 heteroatoms. The van der Waals surface area contributed by atoms with Gasteiger partial charge in [0.2, 0.25) is 0 Å². The van der Waals surface area contributed by atoms with Gasteiger partial charge in [-0.1, -0.05) is 24.3 Å². The zero-order valence-electron chi connectivity index (χ0n) is 17.7. The number of rotatable bonds is 4. The highest BCUT2D eigenvalue weighted by atomic mass is 16.6. The van der Waals surface area contributed by atoms with Gasteiger partial charge in [0.1, 0.15) is 25.4 Å². The van der Waals surface area contributed by atoms with Gasteiger partial charge in [0.15, 0.2) is 23.0 Å². The summed E-state index contributed by atoms with van der Waals surface area (Å²) in [7, 11) is 0. The van der Waals surface area contributed by atoms with Crippen molar-refractivity contribution in [2.75, 3.05) is 39.4 Å². The predicted octanol–water partition coefficient (Wildman–Crippen LogP) is 3.06. The van der Waals surface area contributed by atoms with E-state index in [4.69, 9.17) is 18.9 Å². The molecule has 2 aromatic carbocycles. The van der Waals surface area contributed by atoms with Crippen LogP contribution in [0.15, 0.2) is 48.5 Å². The highest BCUT2D eigenvalue weighted by Gasteiger charge is 2.34. The SMILES string of the molecule is C[C@@H]1CN(C[C@@H]2COc3ccccc3O2)[C@H](C)CN1C[C@@H]1COc2ccccc2O1. The number of piperazine rings is 1. The van der Waals surface area contributed by atoms with E-state index in [0.717, 1.165) is 49.2 Å². The minimum atomic E-state index is 0.0627. The van der Waals surface area contributed by atoms with Crippen molar-refractivity contribution in [1.29, 1.82) is 0 Å². The normalized spacial score (nSPS) is 28.9. The molecule has 0 aromatic heterocycles. The average molecular weight is 411 g/mol. The smallest absolute Gasteiger partial charge is 0.161 e. The summed E-state index contributed by atoms with van der Waals surface area (Å²) < 4.78 is 24.2. The molecule has 0 N–H and O–H groups in total. The molecule has 3 aliphatic heterocycles. The lowest BCUT2D eigenvalue weighted by atomic mass is 10.1. The van der Waals surface area contributed by atoms with Gasteiger partial charge in [0, 0.05) is 38.3 Å². The lowest BCUT2D eigenvalue weighted by molar-refractivity contribution is -0.0211. The lowest BCUT2D eigenvalue weighted by Gasteiger charge is -2.46. The first-order chi connectivity index (χ1) is 14.7. The minimum absolute atomic E-state index is 0.0627. The van der Waals surface area contributed by atoms with Crippen molar-refractivity contribution in [2.45, 2.75) is 38.1 Å². The highest BCUT2D eigenvalue weighted by molar-refractivity contribution is 5.41. The first kappa shape index (κ1) is 19.5.